The predicted octanol–water partition coefficient (Wildman–Crippen LogP) is 4.88. The fourth-order valence-corrected chi connectivity index (χ4v) is 5.51. The number of nitrogens with zero attached hydrogens (tertiary/aromatic N) is 5. The molecule has 220 valence electrons. The number of anilines is 3. The molecule has 3 aromatic rings. The van der Waals surface area contributed by atoms with Gasteiger partial charge >= 0.3 is 6.09 Å². The number of piperidine rings is 1. The SMILES string of the molecule is CC(C)(C)OC(=O)N1CCCC(Nc2ncc3nc(Nc4c(F)cccc4F)n([C@H]4CC[C@@H](C(N)=O)CC4)c3n2)C1. The molecule has 1 aromatic carbocycles. The molecule has 1 saturated carbocycles. The number of para-hydroxylation sites is 1. The number of benzene rings is 1. The highest BCUT2D eigenvalue weighted by molar-refractivity contribution is 5.78. The van der Waals surface area contributed by atoms with Crippen LogP contribution in [0.2, 0.25) is 0 Å². The molecule has 0 bridgehead atoms. The molecule has 5 rings (SSSR count). The normalized spacial score (nSPS) is 21.5. The Labute approximate surface area is 236 Å². The largest absolute Gasteiger partial charge is 0.444 e. The fraction of sp³-hybridized carbons (Fsp3) is 0.536. The molecule has 1 unspecified atom stereocenters. The van der Waals surface area contributed by atoms with Gasteiger partial charge in [-0.1, -0.05) is 6.07 Å². The third-order valence-electron chi connectivity index (χ3n) is 7.50. The molecule has 1 saturated heterocycles. The van der Waals surface area contributed by atoms with Gasteiger partial charge in [0.1, 0.15) is 28.4 Å². The number of imidazole rings is 1. The van der Waals surface area contributed by atoms with Gasteiger partial charge < -0.3 is 26.0 Å². The number of aromatic nitrogens is 4. The van der Waals surface area contributed by atoms with Gasteiger partial charge in [0.15, 0.2) is 5.65 Å². The number of primary amides is 1. The Morgan fingerprint density at radius 3 is 2.44 bits per heavy atom. The zero-order valence-electron chi connectivity index (χ0n) is 23.5. The Hall–Kier alpha value is -4.03. The van der Waals surface area contributed by atoms with Crippen molar-refractivity contribution in [3.8, 4) is 0 Å². The van der Waals surface area contributed by atoms with Crippen LogP contribution in [-0.4, -0.2) is 61.2 Å². The first-order valence-electron chi connectivity index (χ1n) is 14.0. The van der Waals surface area contributed by atoms with Crippen LogP contribution in [-0.2, 0) is 9.53 Å². The Morgan fingerprint density at radius 2 is 1.78 bits per heavy atom. The van der Waals surface area contributed by atoms with E-state index in [0.29, 0.717) is 55.9 Å². The highest BCUT2D eigenvalue weighted by Crippen LogP contribution is 2.37. The number of carbonyl (C=O) groups is 2. The maximum absolute atomic E-state index is 14.5. The number of carbonyl (C=O) groups excluding carboxylic acids is 2. The van der Waals surface area contributed by atoms with Crippen LogP contribution in [0.25, 0.3) is 11.2 Å². The maximum Gasteiger partial charge on any atom is 0.410 e. The molecule has 2 aromatic heterocycles. The number of nitrogens with one attached hydrogen (secondary N) is 2. The third kappa shape index (κ3) is 6.49. The van der Waals surface area contributed by atoms with Crippen LogP contribution in [0.3, 0.4) is 0 Å². The van der Waals surface area contributed by atoms with E-state index >= 15 is 0 Å². The minimum Gasteiger partial charge on any atom is -0.444 e. The van der Waals surface area contributed by atoms with Crippen molar-refractivity contribution in [2.24, 2.45) is 11.7 Å². The summed E-state index contributed by atoms with van der Waals surface area (Å²) in [5.41, 5.74) is 5.58. The summed E-state index contributed by atoms with van der Waals surface area (Å²) in [7, 11) is 0. The summed E-state index contributed by atoms with van der Waals surface area (Å²) >= 11 is 0. The molecule has 4 N–H and O–H groups in total. The molecule has 0 radical (unpaired) electrons. The number of ether oxygens (including phenoxy) is 1. The summed E-state index contributed by atoms with van der Waals surface area (Å²) in [6.07, 6.45) is 5.23. The molecule has 3 heterocycles. The highest BCUT2D eigenvalue weighted by Gasteiger charge is 2.31. The zero-order chi connectivity index (χ0) is 29.3. The molecule has 1 atom stereocenters. The second kappa shape index (κ2) is 11.5. The molecule has 2 amide bonds. The van der Waals surface area contributed by atoms with Crippen LogP contribution in [0, 0.1) is 17.6 Å². The van der Waals surface area contributed by atoms with E-state index in [1.165, 1.54) is 18.2 Å². The number of halogens is 2. The van der Waals surface area contributed by atoms with Crippen molar-refractivity contribution in [3.63, 3.8) is 0 Å². The smallest absolute Gasteiger partial charge is 0.410 e. The summed E-state index contributed by atoms with van der Waals surface area (Å²) in [5.74, 6) is -1.46. The third-order valence-corrected chi connectivity index (χ3v) is 7.50. The Bertz CT molecular complexity index is 1410. The fourth-order valence-electron chi connectivity index (χ4n) is 5.51. The lowest BCUT2D eigenvalue weighted by atomic mass is 9.85. The number of fused-ring (bicyclic) bond motifs is 1. The molecule has 0 spiro atoms. The summed E-state index contributed by atoms with van der Waals surface area (Å²) in [5, 5.41) is 6.17. The molecule has 1 aliphatic heterocycles. The van der Waals surface area contributed by atoms with Crippen molar-refractivity contribution in [1.29, 1.82) is 0 Å². The van der Waals surface area contributed by atoms with Gasteiger partial charge in [0.25, 0.3) is 0 Å². The minimum absolute atomic E-state index is 0.0961. The minimum atomic E-state index is -0.749. The first kappa shape index (κ1) is 28.5. The van der Waals surface area contributed by atoms with Crippen molar-refractivity contribution in [1.82, 2.24) is 24.4 Å². The predicted molar refractivity (Wildman–Crippen MR) is 150 cm³/mol. The van der Waals surface area contributed by atoms with E-state index in [1.54, 1.807) is 11.1 Å². The lowest BCUT2D eigenvalue weighted by Gasteiger charge is -2.34. The van der Waals surface area contributed by atoms with Gasteiger partial charge in [0, 0.05) is 31.1 Å². The van der Waals surface area contributed by atoms with Crippen LogP contribution in [0.5, 0.6) is 0 Å². The topological polar surface area (TPSA) is 140 Å². The molecule has 41 heavy (non-hydrogen) atoms. The van der Waals surface area contributed by atoms with E-state index in [9.17, 15) is 18.4 Å². The second-order valence-electron chi connectivity index (χ2n) is 11.7. The summed E-state index contributed by atoms with van der Waals surface area (Å²) in [6.45, 7) is 6.55. The van der Waals surface area contributed by atoms with Crippen molar-refractivity contribution in [2.45, 2.75) is 77.0 Å². The van der Waals surface area contributed by atoms with Gasteiger partial charge in [-0.3, -0.25) is 9.36 Å². The van der Waals surface area contributed by atoms with E-state index in [1.807, 2.05) is 25.3 Å². The van der Waals surface area contributed by atoms with Gasteiger partial charge in [-0.05, 0) is 71.4 Å². The van der Waals surface area contributed by atoms with Crippen LogP contribution < -0.4 is 16.4 Å². The van der Waals surface area contributed by atoms with Crippen LogP contribution in [0.4, 0.5) is 31.2 Å². The Morgan fingerprint density at radius 1 is 1.07 bits per heavy atom. The van der Waals surface area contributed by atoms with E-state index < -0.39 is 17.2 Å². The van der Waals surface area contributed by atoms with Crippen molar-refractivity contribution >= 4 is 40.7 Å². The molecular formula is C28H36F2N8O3. The standard InChI is InChI=1S/C28H36F2N8O3/c1-28(2,3)41-27(40)37-13-5-6-17(15-37)33-25-32-14-21-24(36-25)38(18-11-9-16(10-12-18)23(31)39)26(34-21)35-22-19(29)7-4-8-20(22)30/h4,7-8,14,16-18H,5-6,9-13,15H2,1-3H3,(H2,31,39)(H,34,35)(H,32,33,36)/t16-,17?,18+. The number of likely N-dealkylation sites (tertiary alicyclic amines) is 1. The van der Waals surface area contributed by atoms with Gasteiger partial charge in [0.05, 0.1) is 6.20 Å². The molecule has 11 nitrogen and oxygen atoms in total. The number of rotatable bonds is 6. The van der Waals surface area contributed by atoms with Gasteiger partial charge in [-0.2, -0.15) is 4.98 Å². The maximum atomic E-state index is 14.5. The zero-order valence-corrected chi connectivity index (χ0v) is 23.5. The monoisotopic (exact) mass is 570 g/mol. The van der Waals surface area contributed by atoms with Crippen LogP contribution in [0.15, 0.2) is 24.4 Å². The quantitative estimate of drug-likeness (QED) is 0.381. The van der Waals surface area contributed by atoms with Crippen molar-refractivity contribution < 1.29 is 23.1 Å². The van der Waals surface area contributed by atoms with Crippen molar-refractivity contribution in [3.05, 3.63) is 36.0 Å². The van der Waals surface area contributed by atoms with Gasteiger partial charge in [-0.25, -0.2) is 23.5 Å². The van der Waals surface area contributed by atoms with E-state index in [-0.39, 0.29) is 41.6 Å². The lowest BCUT2D eigenvalue weighted by molar-refractivity contribution is -0.122. The Kier molecular flexibility index (Phi) is 7.96. The highest BCUT2D eigenvalue weighted by atomic mass is 19.1. The van der Waals surface area contributed by atoms with E-state index in [2.05, 4.69) is 20.6 Å². The summed E-state index contributed by atoms with van der Waals surface area (Å²) in [4.78, 5) is 39.8. The van der Waals surface area contributed by atoms with Gasteiger partial charge in [-0.15, -0.1) is 0 Å². The number of hydrogen-bond donors (Lipinski definition) is 3. The molecule has 2 fully saturated rings. The second-order valence-corrected chi connectivity index (χ2v) is 11.7. The molecule has 13 heteroatoms. The summed E-state index contributed by atoms with van der Waals surface area (Å²) in [6, 6.07) is 3.41. The van der Waals surface area contributed by atoms with Gasteiger partial charge in [0.2, 0.25) is 17.8 Å². The Balaban J connectivity index is 1.43. The average Bonchev–Trinajstić information content (AvgIpc) is 3.27. The number of hydrogen-bond acceptors (Lipinski definition) is 8. The first-order valence-corrected chi connectivity index (χ1v) is 14.0. The van der Waals surface area contributed by atoms with E-state index in [4.69, 9.17) is 15.5 Å². The average molecular weight is 571 g/mol. The number of nitrogens with two attached hydrogens (primary N) is 1. The van der Waals surface area contributed by atoms with E-state index in [0.717, 1.165) is 12.8 Å². The first-order chi connectivity index (χ1) is 19.5. The molecule has 2 aliphatic rings. The summed E-state index contributed by atoms with van der Waals surface area (Å²) < 4.78 is 36.5. The van der Waals surface area contributed by atoms with Crippen LogP contribution >= 0.6 is 0 Å². The molecule has 1 aliphatic carbocycles. The van der Waals surface area contributed by atoms with Crippen LogP contribution in [0.1, 0.15) is 65.3 Å². The van der Waals surface area contributed by atoms with Crippen molar-refractivity contribution in [2.75, 3.05) is 23.7 Å². The lowest BCUT2D eigenvalue weighted by Crippen LogP contribution is -2.47. The number of amides is 2. The molecular weight excluding hydrogens is 534 g/mol.